The number of ketones is 2. The number of nitrogens with zero attached hydrogens (tertiary/aromatic N) is 3. The second-order valence-electron chi connectivity index (χ2n) is 12.8. The number of carbonyl (C=O) groups excluding carboxylic acids is 2. The molecule has 0 aliphatic heterocycles. The Morgan fingerprint density at radius 2 is 1.42 bits per heavy atom. The van der Waals surface area contributed by atoms with E-state index in [9.17, 15) is 42.0 Å². The van der Waals surface area contributed by atoms with Crippen LogP contribution in [0, 0.1) is 0 Å². The molecule has 16 nitrogen and oxygen atoms in total. The van der Waals surface area contributed by atoms with Gasteiger partial charge in [-0.25, -0.2) is 9.59 Å². The minimum Gasteiger partial charge on any atom is -0.478 e. The first-order chi connectivity index (χ1) is 27.3. The molecule has 8 rings (SSSR count). The van der Waals surface area contributed by atoms with Crippen LogP contribution in [-0.2, 0) is 17.2 Å². The Kier molecular flexibility index (Phi) is 8.79. The average Bonchev–Trinajstić information content (AvgIpc) is 3.18. The molecule has 2 aromatic heterocycles. The number of aromatic carboxylic acids is 1. The summed E-state index contributed by atoms with van der Waals surface area (Å²) in [5.41, 5.74) is 0.634. The fourth-order valence-corrected chi connectivity index (χ4v) is 7.42. The first-order valence-electron chi connectivity index (χ1n) is 17.0. The van der Waals surface area contributed by atoms with Gasteiger partial charge in [-0.15, -0.1) is 0 Å². The normalized spacial score (nSPS) is 11.9. The summed E-state index contributed by atoms with van der Waals surface area (Å²) in [4.78, 5) is 76.0. The molecule has 5 aromatic carbocycles. The fraction of sp³-hybridized carbons (Fsp3) is 0.0250. The minimum atomic E-state index is -4.87. The summed E-state index contributed by atoms with van der Waals surface area (Å²) < 4.78 is 36.5. The van der Waals surface area contributed by atoms with E-state index in [1.54, 1.807) is 66.7 Å². The van der Waals surface area contributed by atoms with E-state index in [4.69, 9.17) is 0 Å². The zero-order valence-electron chi connectivity index (χ0n) is 29.4. The van der Waals surface area contributed by atoms with Gasteiger partial charge in [0, 0.05) is 40.5 Å². The monoisotopic (exact) mass is 781 g/mol. The third-order valence-corrected chi connectivity index (χ3v) is 10.2. The van der Waals surface area contributed by atoms with Crippen molar-refractivity contribution in [1.29, 1.82) is 0 Å². The predicted molar refractivity (Wildman–Crippen MR) is 210 cm³/mol. The van der Waals surface area contributed by atoms with E-state index in [1.807, 2.05) is 0 Å². The van der Waals surface area contributed by atoms with Gasteiger partial charge in [0.2, 0.25) is 11.9 Å². The van der Waals surface area contributed by atoms with Crippen molar-refractivity contribution in [3.63, 3.8) is 0 Å². The van der Waals surface area contributed by atoms with E-state index < -0.39 is 43.8 Å². The molecule has 0 atom stereocenters. The third-order valence-electron chi connectivity index (χ3n) is 9.30. The van der Waals surface area contributed by atoms with Crippen molar-refractivity contribution in [1.82, 2.24) is 19.5 Å². The Labute approximate surface area is 321 Å². The SMILES string of the molecule is Cn1c(=O)c(C(=O)c2ccccc2)c2c3c(c(Nc4ccc(S(=O)(=O)O)c(Nc5nc(Nc6cccc(C(=O)O)c6)nc(=O)[nH]5)c4)ccc31)C(=O)c1ccccc1-2. The number of hydrogen-bond donors (Lipinski definition) is 6. The number of hydrogen-bond acceptors (Lipinski definition) is 12. The highest BCUT2D eigenvalue weighted by Crippen LogP contribution is 2.44. The molecule has 1 aliphatic carbocycles. The standard InChI is InChI=1S/C40H27N7O9S/c1-47-28-16-15-26(31-32(28)30(24-12-5-6-13-25(24)35(31)49)33(36(47)50)34(48)20-8-3-2-4-9-20)41-23-14-17-29(57(54,55)56)27(19-23)43-39-44-38(45-40(53)46-39)42-22-11-7-10-21(18-22)37(51)52/h2-19,41H,1H3,(H,51,52)(H,54,55,56)(H3,42,43,44,45,46,53). The lowest BCUT2D eigenvalue weighted by Gasteiger charge is -2.25. The molecule has 0 saturated carbocycles. The van der Waals surface area contributed by atoms with Crippen LogP contribution in [0.25, 0.3) is 22.0 Å². The second kappa shape index (κ2) is 13.8. The van der Waals surface area contributed by atoms with Crippen molar-refractivity contribution in [3.05, 3.63) is 158 Å². The smallest absolute Gasteiger partial charge is 0.351 e. The predicted octanol–water partition coefficient (Wildman–Crippen LogP) is 5.63. The lowest BCUT2D eigenvalue weighted by atomic mass is 9.80. The van der Waals surface area contributed by atoms with Crippen LogP contribution in [0.4, 0.5) is 34.6 Å². The first kappa shape index (κ1) is 36.2. The molecule has 6 N–H and O–H groups in total. The highest BCUT2D eigenvalue weighted by atomic mass is 32.2. The summed E-state index contributed by atoms with van der Waals surface area (Å²) >= 11 is 0. The number of carboxylic acid groups (broad SMARTS) is 1. The molecular weight excluding hydrogens is 755 g/mol. The maximum atomic E-state index is 14.4. The van der Waals surface area contributed by atoms with Crippen LogP contribution in [0.3, 0.4) is 0 Å². The van der Waals surface area contributed by atoms with E-state index in [2.05, 4.69) is 30.9 Å². The molecule has 0 bridgehead atoms. The maximum Gasteiger partial charge on any atom is 0.351 e. The van der Waals surface area contributed by atoms with Gasteiger partial charge >= 0.3 is 11.7 Å². The molecule has 0 amide bonds. The topological polar surface area (TPSA) is 243 Å². The molecule has 282 valence electrons. The Morgan fingerprint density at radius 1 is 0.719 bits per heavy atom. The summed E-state index contributed by atoms with van der Waals surface area (Å²) in [6, 6.07) is 27.6. The molecule has 57 heavy (non-hydrogen) atoms. The van der Waals surface area contributed by atoms with Gasteiger partial charge in [-0.1, -0.05) is 60.7 Å². The van der Waals surface area contributed by atoms with E-state index in [0.717, 1.165) is 6.07 Å². The van der Waals surface area contributed by atoms with Crippen LogP contribution in [0.2, 0.25) is 0 Å². The molecule has 0 radical (unpaired) electrons. The number of aromatic nitrogens is 4. The van der Waals surface area contributed by atoms with Crippen LogP contribution >= 0.6 is 0 Å². The summed E-state index contributed by atoms with van der Waals surface area (Å²) in [7, 11) is -3.35. The van der Waals surface area contributed by atoms with E-state index in [-0.39, 0.29) is 62.5 Å². The van der Waals surface area contributed by atoms with Gasteiger partial charge in [-0.2, -0.15) is 18.4 Å². The number of carbonyl (C=O) groups is 3. The molecule has 0 saturated heterocycles. The zero-order chi connectivity index (χ0) is 40.2. The van der Waals surface area contributed by atoms with Crippen molar-refractivity contribution >= 4 is 73.2 Å². The number of fused-ring (bicyclic) bond motifs is 2. The Hall–Kier alpha value is -7.76. The summed E-state index contributed by atoms with van der Waals surface area (Å²) in [6.07, 6.45) is 0. The Bertz CT molecular complexity index is 3110. The molecule has 0 unspecified atom stereocenters. The molecule has 17 heteroatoms. The summed E-state index contributed by atoms with van der Waals surface area (Å²) in [6.45, 7) is 0. The number of H-pyrrole nitrogens is 1. The van der Waals surface area contributed by atoms with E-state index in [1.165, 1.54) is 48.0 Å². The number of nitrogens with one attached hydrogen (secondary N) is 4. The highest BCUT2D eigenvalue weighted by Gasteiger charge is 2.34. The number of aromatic amines is 1. The zero-order valence-corrected chi connectivity index (χ0v) is 30.2. The minimum absolute atomic E-state index is 0.0434. The summed E-state index contributed by atoms with van der Waals surface area (Å²) in [5.74, 6) is -2.68. The van der Waals surface area contributed by atoms with Gasteiger partial charge < -0.3 is 25.6 Å². The fourth-order valence-electron chi connectivity index (χ4n) is 6.79. The van der Waals surface area contributed by atoms with Crippen molar-refractivity contribution in [2.45, 2.75) is 4.90 Å². The summed E-state index contributed by atoms with van der Waals surface area (Å²) in [5, 5.41) is 18.3. The van der Waals surface area contributed by atoms with Crippen molar-refractivity contribution in [2.24, 2.45) is 7.05 Å². The van der Waals surface area contributed by atoms with Crippen LogP contribution in [0.15, 0.2) is 124 Å². The van der Waals surface area contributed by atoms with Gasteiger partial charge in [-0.05, 0) is 54.1 Å². The first-order valence-corrected chi connectivity index (χ1v) is 18.4. The Balaban J connectivity index is 1.24. The van der Waals surface area contributed by atoms with Crippen LogP contribution in [0.5, 0.6) is 0 Å². The van der Waals surface area contributed by atoms with Gasteiger partial charge in [0.05, 0.1) is 33.6 Å². The lowest BCUT2D eigenvalue weighted by Crippen LogP contribution is -2.29. The van der Waals surface area contributed by atoms with Gasteiger partial charge in [-0.3, -0.25) is 23.9 Å². The van der Waals surface area contributed by atoms with Gasteiger partial charge in [0.25, 0.3) is 15.7 Å². The number of benzene rings is 5. The lowest BCUT2D eigenvalue weighted by molar-refractivity contribution is 0.0696. The number of pyridine rings is 1. The largest absolute Gasteiger partial charge is 0.478 e. The average molecular weight is 782 g/mol. The van der Waals surface area contributed by atoms with E-state index in [0.29, 0.717) is 22.0 Å². The van der Waals surface area contributed by atoms with Crippen LogP contribution in [-0.4, -0.2) is 55.1 Å². The molecule has 2 heterocycles. The van der Waals surface area contributed by atoms with Gasteiger partial charge in [0.1, 0.15) is 4.90 Å². The molecule has 7 aromatic rings. The number of aryl methyl sites for hydroxylation is 1. The second-order valence-corrected chi connectivity index (χ2v) is 14.2. The van der Waals surface area contributed by atoms with Crippen LogP contribution < -0.4 is 27.2 Å². The van der Waals surface area contributed by atoms with Gasteiger partial charge in [0.15, 0.2) is 11.6 Å². The van der Waals surface area contributed by atoms with Crippen LogP contribution in [0.1, 0.15) is 42.2 Å². The Morgan fingerprint density at radius 3 is 2.16 bits per heavy atom. The maximum absolute atomic E-state index is 14.4. The number of carboxylic acids is 1. The molecule has 0 fully saturated rings. The number of anilines is 6. The van der Waals surface area contributed by atoms with E-state index >= 15 is 0 Å². The van der Waals surface area contributed by atoms with Crippen molar-refractivity contribution < 1.29 is 32.5 Å². The molecule has 1 aliphatic rings. The van der Waals surface area contributed by atoms with Crippen molar-refractivity contribution in [3.8, 4) is 11.1 Å². The quantitative estimate of drug-likeness (QED) is 0.0728. The molecule has 0 spiro atoms. The van der Waals surface area contributed by atoms with Crippen molar-refractivity contribution in [2.75, 3.05) is 16.0 Å². The highest BCUT2D eigenvalue weighted by molar-refractivity contribution is 7.86. The third kappa shape index (κ3) is 6.58. The number of rotatable bonds is 10. The molecular formula is C40H27N7O9S.